The van der Waals surface area contributed by atoms with Crippen molar-refractivity contribution in [1.82, 2.24) is 9.80 Å². The summed E-state index contributed by atoms with van der Waals surface area (Å²) in [6, 6.07) is 7.45. The molecule has 1 heterocycles. The molecule has 3 N–H and O–H groups in total. The summed E-state index contributed by atoms with van der Waals surface area (Å²) < 4.78 is 0. The molecule has 1 aromatic rings. The summed E-state index contributed by atoms with van der Waals surface area (Å²) in [6.07, 6.45) is 1.59. The standard InChI is InChI=1S/C20H32N4O2/c1-4-16-7-5-6-8-18(16)22-19(25)14-23-9-11-24(12-10-23)20(26)17(21)13-15(2)3/h5-8,15,17H,4,9-14,21H2,1-3H3,(H,22,25)/t17-/m0/s1. The molecule has 0 saturated carbocycles. The van der Waals surface area contributed by atoms with Gasteiger partial charge in [0.2, 0.25) is 11.8 Å². The van der Waals surface area contributed by atoms with Crippen LogP contribution < -0.4 is 11.1 Å². The van der Waals surface area contributed by atoms with Crippen LogP contribution in [0.15, 0.2) is 24.3 Å². The summed E-state index contributed by atoms with van der Waals surface area (Å²) in [5, 5.41) is 3.00. The predicted octanol–water partition coefficient (Wildman–Crippen LogP) is 1.71. The molecular formula is C20H32N4O2. The van der Waals surface area contributed by atoms with Crippen molar-refractivity contribution in [3.8, 4) is 0 Å². The largest absolute Gasteiger partial charge is 0.339 e. The van der Waals surface area contributed by atoms with Crippen molar-refractivity contribution in [1.29, 1.82) is 0 Å². The van der Waals surface area contributed by atoms with E-state index in [9.17, 15) is 9.59 Å². The van der Waals surface area contributed by atoms with Gasteiger partial charge in [-0.25, -0.2) is 0 Å². The number of aryl methyl sites for hydroxylation is 1. The van der Waals surface area contributed by atoms with Crippen LogP contribution in [0.5, 0.6) is 0 Å². The van der Waals surface area contributed by atoms with Crippen LogP contribution in [0.3, 0.4) is 0 Å². The summed E-state index contributed by atoms with van der Waals surface area (Å²) in [7, 11) is 0. The van der Waals surface area contributed by atoms with Crippen LogP contribution in [0, 0.1) is 5.92 Å². The summed E-state index contributed by atoms with van der Waals surface area (Å²) in [5.74, 6) is 0.423. The summed E-state index contributed by atoms with van der Waals surface area (Å²) in [5.41, 5.74) is 8.03. The molecule has 1 aliphatic heterocycles. The second-order valence-corrected chi connectivity index (χ2v) is 7.40. The zero-order valence-electron chi connectivity index (χ0n) is 16.2. The van der Waals surface area contributed by atoms with Crippen molar-refractivity contribution in [3.63, 3.8) is 0 Å². The van der Waals surface area contributed by atoms with Gasteiger partial charge < -0.3 is 16.0 Å². The van der Waals surface area contributed by atoms with Crippen molar-refractivity contribution >= 4 is 17.5 Å². The lowest BCUT2D eigenvalue weighted by molar-refractivity contribution is -0.134. The van der Waals surface area contributed by atoms with Gasteiger partial charge in [-0.15, -0.1) is 0 Å². The first kappa shape index (κ1) is 20.4. The first-order chi connectivity index (χ1) is 12.4. The molecule has 1 saturated heterocycles. The van der Waals surface area contributed by atoms with E-state index >= 15 is 0 Å². The van der Waals surface area contributed by atoms with Crippen molar-refractivity contribution in [2.75, 3.05) is 38.0 Å². The molecule has 6 heteroatoms. The molecule has 0 aliphatic carbocycles. The highest BCUT2D eigenvalue weighted by Gasteiger charge is 2.26. The maximum Gasteiger partial charge on any atom is 0.239 e. The van der Waals surface area contributed by atoms with Crippen LogP contribution in [0.2, 0.25) is 0 Å². The second kappa shape index (κ2) is 9.69. The minimum absolute atomic E-state index is 0.0119. The number of nitrogens with two attached hydrogens (primary N) is 1. The molecule has 2 amide bonds. The zero-order valence-corrected chi connectivity index (χ0v) is 16.2. The van der Waals surface area contributed by atoms with Gasteiger partial charge in [0.05, 0.1) is 12.6 Å². The van der Waals surface area contributed by atoms with Crippen LogP contribution in [-0.4, -0.2) is 60.4 Å². The number of para-hydroxylation sites is 1. The van der Waals surface area contributed by atoms with E-state index in [2.05, 4.69) is 31.0 Å². The lowest BCUT2D eigenvalue weighted by atomic mass is 10.0. The maximum absolute atomic E-state index is 12.4. The number of carbonyl (C=O) groups excluding carboxylic acids is 2. The van der Waals surface area contributed by atoms with E-state index in [1.165, 1.54) is 0 Å². The van der Waals surface area contributed by atoms with Gasteiger partial charge in [-0.1, -0.05) is 39.0 Å². The van der Waals surface area contributed by atoms with Crippen molar-refractivity contribution in [2.45, 2.75) is 39.7 Å². The molecule has 0 spiro atoms. The smallest absolute Gasteiger partial charge is 0.239 e. The average Bonchev–Trinajstić information content (AvgIpc) is 2.61. The Labute approximate surface area is 156 Å². The van der Waals surface area contributed by atoms with E-state index < -0.39 is 6.04 Å². The van der Waals surface area contributed by atoms with E-state index in [4.69, 9.17) is 5.73 Å². The van der Waals surface area contributed by atoms with Gasteiger partial charge >= 0.3 is 0 Å². The average molecular weight is 361 g/mol. The second-order valence-electron chi connectivity index (χ2n) is 7.40. The first-order valence-corrected chi connectivity index (χ1v) is 9.55. The van der Waals surface area contributed by atoms with Crippen LogP contribution in [0.1, 0.15) is 32.8 Å². The topological polar surface area (TPSA) is 78.7 Å². The Hall–Kier alpha value is -1.92. The highest BCUT2D eigenvalue weighted by molar-refractivity contribution is 5.93. The molecular weight excluding hydrogens is 328 g/mol. The van der Waals surface area contributed by atoms with Crippen LogP contribution in [0.25, 0.3) is 0 Å². The number of rotatable bonds is 7. The van der Waals surface area contributed by atoms with Crippen LogP contribution >= 0.6 is 0 Å². The number of amides is 2. The quantitative estimate of drug-likeness (QED) is 0.776. The number of anilines is 1. The molecule has 26 heavy (non-hydrogen) atoms. The van der Waals surface area contributed by atoms with E-state index in [0.29, 0.717) is 45.1 Å². The fourth-order valence-corrected chi connectivity index (χ4v) is 3.31. The molecule has 2 rings (SSSR count). The normalized spacial score (nSPS) is 16.6. The van der Waals surface area contributed by atoms with Gasteiger partial charge in [-0.3, -0.25) is 14.5 Å². The molecule has 1 fully saturated rings. The van der Waals surface area contributed by atoms with E-state index in [0.717, 1.165) is 17.7 Å². The van der Waals surface area contributed by atoms with Gasteiger partial charge in [0.25, 0.3) is 0 Å². The number of nitrogens with zero attached hydrogens (tertiary/aromatic N) is 2. The fraction of sp³-hybridized carbons (Fsp3) is 0.600. The number of carbonyl (C=O) groups is 2. The Balaban J connectivity index is 1.79. The Morgan fingerprint density at radius 3 is 2.42 bits per heavy atom. The maximum atomic E-state index is 12.4. The molecule has 6 nitrogen and oxygen atoms in total. The lowest BCUT2D eigenvalue weighted by Crippen LogP contribution is -2.54. The Kier molecular flexibility index (Phi) is 7.60. The molecule has 144 valence electrons. The van der Waals surface area contributed by atoms with Gasteiger partial charge in [0, 0.05) is 31.9 Å². The molecule has 0 radical (unpaired) electrons. The minimum atomic E-state index is -0.421. The van der Waals surface area contributed by atoms with E-state index in [-0.39, 0.29) is 11.8 Å². The van der Waals surface area contributed by atoms with Crippen molar-refractivity contribution in [3.05, 3.63) is 29.8 Å². The van der Waals surface area contributed by atoms with Gasteiger partial charge in [0.1, 0.15) is 0 Å². The van der Waals surface area contributed by atoms with Crippen LogP contribution in [-0.2, 0) is 16.0 Å². The van der Waals surface area contributed by atoms with E-state index in [1.54, 1.807) is 0 Å². The summed E-state index contributed by atoms with van der Waals surface area (Å²) in [4.78, 5) is 28.6. The third-order valence-electron chi connectivity index (χ3n) is 4.77. The Morgan fingerprint density at radius 2 is 1.81 bits per heavy atom. The number of hydrogen-bond donors (Lipinski definition) is 2. The highest BCUT2D eigenvalue weighted by atomic mass is 16.2. The van der Waals surface area contributed by atoms with Crippen molar-refractivity contribution in [2.24, 2.45) is 11.7 Å². The monoisotopic (exact) mass is 360 g/mol. The third-order valence-corrected chi connectivity index (χ3v) is 4.77. The number of piperazine rings is 1. The molecule has 1 aliphatic rings. The van der Waals surface area contributed by atoms with Gasteiger partial charge in [-0.2, -0.15) is 0 Å². The van der Waals surface area contributed by atoms with E-state index in [1.807, 2.05) is 29.2 Å². The number of hydrogen-bond acceptors (Lipinski definition) is 4. The first-order valence-electron chi connectivity index (χ1n) is 9.55. The zero-order chi connectivity index (χ0) is 19.1. The number of nitrogens with one attached hydrogen (secondary N) is 1. The molecule has 0 aromatic heterocycles. The predicted molar refractivity (Wildman–Crippen MR) is 105 cm³/mol. The Morgan fingerprint density at radius 1 is 1.15 bits per heavy atom. The molecule has 0 bridgehead atoms. The lowest BCUT2D eigenvalue weighted by Gasteiger charge is -2.35. The summed E-state index contributed by atoms with van der Waals surface area (Å²) >= 11 is 0. The van der Waals surface area contributed by atoms with Crippen LogP contribution in [0.4, 0.5) is 5.69 Å². The molecule has 1 atom stereocenters. The summed E-state index contributed by atoms with van der Waals surface area (Å²) in [6.45, 7) is 9.21. The molecule has 1 aromatic carbocycles. The SMILES string of the molecule is CCc1ccccc1NC(=O)CN1CCN(C(=O)[C@@H](N)CC(C)C)CC1. The highest BCUT2D eigenvalue weighted by Crippen LogP contribution is 2.15. The minimum Gasteiger partial charge on any atom is -0.339 e. The molecule has 0 unspecified atom stereocenters. The fourth-order valence-electron chi connectivity index (χ4n) is 3.31. The van der Waals surface area contributed by atoms with Gasteiger partial charge in [-0.05, 0) is 30.4 Å². The van der Waals surface area contributed by atoms with Crippen molar-refractivity contribution < 1.29 is 9.59 Å². The van der Waals surface area contributed by atoms with Gasteiger partial charge in [0.15, 0.2) is 0 Å². The Bertz CT molecular complexity index is 610. The third kappa shape index (κ3) is 5.81. The number of benzene rings is 1.